The van der Waals surface area contributed by atoms with Crippen molar-refractivity contribution in [2.75, 3.05) is 14.2 Å². The standard InChI is InChI=1S/C21H23NO3/c1-14(2)13-19-22-20(15-5-9-17(23-3)10-6-15)21(25-19)16-7-11-18(24-4)12-8-16/h5-12,14H,13H2,1-4H3. The Morgan fingerprint density at radius 2 is 1.36 bits per heavy atom. The third-order valence-electron chi connectivity index (χ3n) is 3.97. The molecule has 4 heteroatoms. The highest BCUT2D eigenvalue weighted by Gasteiger charge is 2.17. The molecule has 0 amide bonds. The van der Waals surface area contributed by atoms with Crippen molar-refractivity contribution in [3.8, 4) is 34.1 Å². The Bertz CT molecular complexity index is 752. The minimum atomic E-state index is 0.478. The molecule has 0 bridgehead atoms. The first kappa shape index (κ1) is 17.1. The molecule has 3 aromatic rings. The van der Waals surface area contributed by atoms with Gasteiger partial charge in [0.05, 0.1) is 14.2 Å². The number of rotatable bonds is 6. The van der Waals surface area contributed by atoms with Gasteiger partial charge in [0.25, 0.3) is 0 Å². The zero-order chi connectivity index (χ0) is 17.8. The van der Waals surface area contributed by atoms with E-state index in [1.165, 1.54) is 0 Å². The maximum Gasteiger partial charge on any atom is 0.195 e. The molecular formula is C21H23NO3. The van der Waals surface area contributed by atoms with E-state index >= 15 is 0 Å². The molecule has 0 aliphatic heterocycles. The van der Waals surface area contributed by atoms with Gasteiger partial charge in [0.1, 0.15) is 17.2 Å². The molecule has 4 nitrogen and oxygen atoms in total. The van der Waals surface area contributed by atoms with Gasteiger partial charge in [-0.05, 0) is 54.4 Å². The van der Waals surface area contributed by atoms with E-state index in [-0.39, 0.29) is 0 Å². The van der Waals surface area contributed by atoms with Gasteiger partial charge in [0.2, 0.25) is 0 Å². The fraction of sp³-hybridized carbons (Fsp3) is 0.286. The highest BCUT2D eigenvalue weighted by atomic mass is 16.5. The largest absolute Gasteiger partial charge is 0.497 e. The number of nitrogens with zero attached hydrogens (tertiary/aromatic N) is 1. The highest BCUT2D eigenvalue weighted by Crippen LogP contribution is 2.34. The normalized spacial score (nSPS) is 10.9. The van der Waals surface area contributed by atoms with Crippen LogP contribution in [0.4, 0.5) is 0 Å². The molecule has 130 valence electrons. The van der Waals surface area contributed by atoms with Crippen molar-refractivity contribution in [1.82, 2.24) is 4.98 Å². The van der Waals surface area contributed by atoms with E-state index in [1.54, 1.807) is 14.2 Å². The summed E-state index contributed by atoms with van der Waals surface area (Å²) in [5, 5.41) is 0. The third kappa shape index (κ3) is 3.85. The molecular weight excluding hydrogens is 314 g/mol. The zero-order valence-corrected chi connectivity index (χ0v) is 15.1. The first-order valence-electron chi connectivity index (χ1n) is 8.39. The molecule has 0 atom stereocenters. The van der Waals surface area contributed by atoms with E-state index in [4.69, 9.17) is 18.9 Å². The van der Waals surface area contributed by atoms with Crippen LogP contribution in [-0.4, -0.2) is 19.2 Å². The topological polar surface area (TPSA) is 44.5 Å². The van der Waals surface area contributed by atoms with Crippen molar-refractivity contribution in [3.05, 3.63) is 54.4 Å². The van der Waals surface area contributed by atoms with Crippen molar-refractivity contribution in [3.63, 3.8) is 0 Å². The van der Waals surface area contributed by atoms with E-state index in [0.29, 0.717) is 5.92 Å². The Morgan fingerprint density at radius 1 is 0.840 bits per heavy atom. The Morgan fingerprint density at radius 3 is 1.84 bits per heavy atom. The third-order valence-corrected chi connectivity index (χ3v) is 3.97. The predicted octanol–water partition coefficient (Wildman–Crippen LogP) is 5.22. The van der Waals surface area contributed by atoms with Crippen LogP contribution in [0.15, 0.2) is 52.9 Å². The van der Waals surface area contributed by atoms with Gasteiger partial charge >= 0.3 is 0 Å². The molecule has 0 radical (unpaired) electrons. The summed E-state index contributed by atoms with van der Waals surface area (Å²) in [5.74, 6) is 3.65. The zero-order valence-electron chi connectivity index (χ0n) is 15.1. The number of oxazole rings is 1. The number of methoxy groups -OCH3 is 2. The van der Waals surface area contributed by atoms with E-state index in [0.717, 1.165) is 46.4 Å². The summed E-state index contributed by atoms with van der Waals surface area (Å²) in [5.41, 5.74) is 2.84. The lowest BCUT2D eigenvalue weighted by Gasteiger charge is -2.04. The number of aromatic nitrogens is 1. The van der Waals surface area contributed by atoms with E-state index in [9.17, 15) is 0 Å². The van der Waals surface area contributed by atoms with Gasteiger partial charge in [0, 0.05) is 17.5 Å². The lowest BCUT2D eigenvalue weighted by atomic mass is 10.1. The van der Waals surface area contributed by atoms with Gasteiger partial charge in [-0.15, -0.1) is 0 Å². The second-order valence-electron chi connectivity index (χ2n) is 6.34. The number of ether oxygens (including phenoxy) is 2. The van der Waals surface area contributed by atoms with Gasteiger partial charge in [-0.1, -0.05) is 13.8 Å². The van der Waals surface area contributed by atoms with Gasteiger partial charge in [0.15, 0.2) is 11.7 Å². The number of hydrogen-bond donors (Lipinski definition) is 0. The monoisotopic (exact) mass is 337 g/mol. The average Bonchev–Trinajstić information content (AvgIpc) is 3.05. The summed E-state index contributed by atoms with van der Waals surface area (Å²) in [6.07, 6.45) is 0.805. The average molecular weight is 337 g/mol. The molecule has 0 N–H and O–H groups in total. The molecule has 0 fully saturated rings. The van der Waals surface area contributed by atoms with Crippen LogP contribution in [0.1, 0.15) is 19.7 Å². The van der Waals surface area contributed by atoms with Crippen LogP contribution in [-0.2, 0) is 6.42 Å². The summed E-state index contributed by atoms with van der Waals surface area (Å²) >= 11 is 0. The molecule has 0 unspecified atom stereocenters. The predicted molar refractivity (Wildman–Crippen MR) is 99.0 cm³/mol. The molecule has 1 aromatic heterocycles. The molecule has 0 saturated heterocycles. The molecule has 3 rings (SSSR count). The van der Waals surface area contributed by atoms with Crippen LogP contribution in [0, 0.1) is 5.92 Å². The Balaban J connectivity index is 2.05. The van der Waals surface area contributed by atoms with Crippen LogP contribution in [0.2, 0.25) is 0 Å². The second kappa shape index (κ2) is 7.43. The van der Waals surface area contributed by atoms with Gasteiger partial charge < -0.3 is 13.9 Å². The number of benzene rings is 2. The van der Waals surface area contributed by atoms with E-state index in [2.05, 4.69) is 13.8 Å². The highest BCUT2D eigenvalue weighted by molar-refractivity contribution is 5.77. The second-order valence-corrected chi connectivity index (χ2v) is 6.34. The maximum absolute atomic E-state index is 6.11. The minimum Gasteiger partial charge on any atom is -0.497 e. The first-order chi connectivity index (χ1) is 12.1. The fourth-order valence-electron chi connectivity index (χ4n) is 2.68. The number of hydrogen-bond acceptors (Lipinski definition) is 4. The van der Waals surface area contributed by atoms with Crippen molar-refractivity contribution in [2.24, 2.45) is 5.92 Å². The summed E-state index contributed by atoms with van der Waals surface area (Å²) < 4.78 is 16.6. The molecule has 0 saturated carbocycles. The van der Waals surface area contributed by atoms with E-state index < -0.39 is 0 Å². The summed E-state index contributed by atoms with van der Waals surface area (Å²) in [6, 6.07) is 15.7. The Labute approximate surface area is 148 Å². The lowest BCUT2D eigenvalue weighted by molar-refractivity contribution is 0.414. The first-order valence-corrected chi connectivity index (χ1v) is 8.39. The molecule has 25 heavy (non-hydrogen) atoms. The van der Waals surface area contributed by atoms with Gasteiger partial charge in [-0.25, -0.2) is 4.98 Å². The van der Waals surface area contributed by atoms with Gasteiger partial charge in [-0.3, -0.25) is 0 Å². The van der Waals surface area contributed by atoms with Crippen LogP contribution >= 0.6 is 0 Å². The fourth-order valence-corrected chi connectivity index (χ4v) is 2.68. The van der Waals surface area contributed by atoms with Crippen molar-refractivity contribution in [2.45, 2.75) is 20.3 Å². The molecule has 0 aliphatic rings. The quantitative estimate of drug-likeness (QED) is 0.618. The van der Waals surface area contributed by atoms with Crippen LogP contribution in [0.3, 0.4) is 0 Å². The SMILES string of the molecule is COc1ccc(-c2nc(CC(C)C)oc2-c2ccc(OC)cc2)cc1. The van der Waals surface area contributed by atoms with Gasteiger partial charge in [-0.2, -0.15) is 0 Å². The summed E-state index contributed by atoms with van der Waals surface area (Å²) in [6.45, 7) is 4.31. The molecule has 2 aromatic carbocycles. The van der Waals surface area contributed by atoms with Crippen LogP contribution < -0.4 is 9.47 Å². The molecule has 1 heterocycles. The Kier molecular flexibility index (Phi) is 5.08. The summed E-state index contributed by atoms with van der Waals surface area (Å²) in [7, 11) is 3.32. The van der Waals surface area contributed by atoms with E-state index in [1.807, 2.05) is 48.5 Å². The molecule has 0 aliphatic carbocycles. The van der Waals surface area contributed by atoms with Crippen molar-refractivity contribution in [1.29, 1.82) is 0 Å². The molecule has 0 spiro atoms. The minimum absolute atomic E-state index is 0.478. The van der Waals surface area contributed by atoms with Crippen molar-refractivity contribution >= 4 is 0 Å². The lowest BCUT2D eigenvalue weighted by Crippen LogP contribution is -1.93. The Hall–Kier alpha value is -2.75. The smallest absolute Gasteiger partial charge is 0.195 e. The van der Waals surface area contributed by atoms with Crippen molar-refractivity contribution < 1.29 is 13.9 Å². The van der Waals surface area contributed by atoms with Crippen LogP contribution in [0.25, 0.3) is 22.6 Å². The van der Waals surface area contributed by atoms with Crippen LogP contribution in [0.5, 0.6) is 11.5 Å². The maximum atomic E-state index is 6.11. The summed E-state index contributed by atoms with van der Waals surface area (Å²) in [4.78, 5) is 4.76.